The molecule has 1 aromatic carbocycles. The predicted octanol–water partition coefficient (Wildman–Crippen LogP) is 3.26. The number of hydrogen-bond donors (Lipinski definition) is 1. The number of anilines is 1. The van der Waals surface area contributed by atoms with Crippen LogP contribution in [0, 0.1) is 0 Å². The first kappa shape index (κ1) is 19.2. The summed E-state index contributed by atoms with van der Waals surface area (Å²) in [6.07, 6.45) is 6.75. The van der Waals surface area contributed by atoms with E-state index < -0.39 is 0 Å². The third-order valence-electron chi connectivity index (χ3n) is 5.69. The van der Waals surface area contributed by atoms with Gasteiger partial charge in [0.25, 0.3) is 5.91 Å². The van der Waals surface area contributed by atoms with Crippen molar-refractivity contribution in [2.75, 3.05) is 18.4 Å². The van der Waals surface area contributed by atoms with Gasteiger partial charge >= 0.3 is 0 Å². The van der Waals surface area contributed by atoms with Crippen molar-refractivity contribution in [2.24, 2.45) is 0 Å². The van der Waals surface area contributed by atoms with Gasteiger partial charge in [0.05, 0.1) is 16.9 Å². The topological polar surface area (TPSA) is 92.5 Å². The Hall–Kier alpha value is -3.81. The molecule has 1 fully saturated rings. The molecule has 31 heavy (non-hydrogen) atoms. The highest BCUT2D eigenvalue weighted by molar-refractivity contribution is 5.94. The van der Waals surface area contributed by atoms with Gasteiger partial charge in [-0.3, -0.25) is 19.0 Å². The molecule has 8 nitrogen and oxygen atoms in total. The summed E-state index contributed by atoms with van der Waals surface area (Å²) in [5, 5.41) is 3.92. The van der Waals surface area contributed by atoms with Gasteiger partial charge in [0.15, 0.2) is 0 Å². The number of benzene rings is 1. The first-order valence-corrected chi connectivity index (χ1v) is 10.3. The average Bonchev–Trinajstić information content (AvgIpc) is 3.22. The molecule has 4 aromatic rings. The summed E-state index contributed by atoms with van der Waals surface area (Å²) in [5.74, 6) is 0.475. The number of imidazole rings is 1. The molecule has 0 aliphatic carbocycles. The normalized spacial score (nSPS) is 14.8. The zero-order chi connectivity index (χ0) is 21.4. The third-order valence-corrected chi connectivity index (χ3v) is 5.69. The summed E-state index contributed by atoms with van der Waals surface area (Å²) >= 11 is 0. The van der Waals surface area contributed by atoms with Gasteiger partial charge in [-0.1, -0.05) is 18.2 Å². The van der Waals surface area contributed by atoms with E-state index in [1.807, 2.05) is 41.4 Å². The van der Waals surface area contributed by atoms with E-state index in [-0.39, 0.29) is 17.7 Å². The second kappa shape index (κ2) is 7.79. The Morgan fingerprint density at radius 3 is 2.68 bits per heavy atom. The lowest BCUT2D eigenvalue weighted by atomic mass is 9.91. The van der Waals surface area contributed by atoms with Gasteiger partial charge in [-0.15, -0.1) is 0 Å². The molecule has 8 heteroatoms. The fourth-order valence-corrected chi connectivity index (χ4v) is 4.18. The Morgan fingerprint density at radius 2 is 1.90 bits per heavy atom. The van der Waals surface area contributed by atoms with Gasteiger partial charge in [0, 0.05) is 49.9 Å². The Balaban J connectivity index is 1.36. The van der Waals surface area contributed by atoms with Crippen molar-refractivity contribution in [2.45, 2.75) is 25.7 Å². The first-order chi connectivity index (χ1) is 15.1. The fraction of sp³-hybridized carbons (Fsp3) is 0.261. The molecule has 3 aromatic heterocycles. The molecule has 1 aliphatic heterocycles. The van der Waals surface area contributed by atoms with Gasteiger partial charge in [-0.25, -0.2) is 9.97 Å². The SMILES string of the molecule is CC(=O)Nc1cc2ccccc2nc1C1CCN(C(=O)c2cn3cccnc3n2)CC1. The van der Waals surface area contributed by atoms with E-state index in [9.17, 15) is 9.59 Å². The van der Waals surface area contributed by atoms with Crippen molar-refractivity contribution in [1.29, 1.82) is 0 Å². The number of likely N-dealkylation sites (tertiary alicyclic amines) is 1. The van der Waals surface area contributed by atoms with E-state index in [4.69, 9.17) is 4.98 Å². The Labute approximate surface area is 178 Å². The van der Waals surface area contributed by atoms with Crippen LogP contribution in [0.3, 0.4) is 0 Å². The number of rotatable bonds is 3. The third kappa shape index (κ3) is 3.72. The summed E-state index contributed by atoms with van der Waals surface area (Å²) in [6.45, 7) is 2.72. The van der Waals surface area contributed by atoms with Crippen molar-refractivity contribution < 1.29 is 9.59 Å². The van der Waals surface area contributed by atoms with Crippen molar-refractivity contribution in [3.63, 3.8) is 0 Å². The minimum absolute atomic E-state index is 0.0856. The summed E-state index contributed by atoms with van der Waals surface area (Å²) in [5.41, 5.74) is 2.95. The van der Waals surface area contributed by atoms with Crippen LogP contribution in [-0.4, -0.2) is 49.2 Å². The highest BCUT2D eigenvalue weighted by Crippen LogP contribution is 2.34. The largest absolute Gasteiger partial charge is 0.337 e. The maximum Gasteiger partial charge on any atom is 0.274 e. The van der Waals surface area contributed by atoms with Gasteiger partial charge in [-0.2, -0.15) is 0 Å². The monoisotopic (exact) mass is 414 g/mol. The van der Waals surface area contributed by atoms with E-state index in [2.05, 4.69) is 15.3 Å². The van der Waals surface area contributed by atoms with Crippen molar-refractivity contribution in [3.05, 3.63) is 66.4 Å². The maximum absolute atomic E-state index is 12.9. The number of piperidine rings is 1. The number of aromatic nitrogens is 4. The van der Waals surface area contributed by atoms with Crippen LogP contribution in [0.4, 0.5) is 5.69 Å². The van der Waals surface area contributed by atoms with E-state index in [1.54, 1.807) is 22.9 Å². The number of amides is 2. The minimum atomic E-state index is -0.119. The maximum atomic E-state index is 12.9. The summed E-state index contributed by atoms with van der Waals surface area (Å²) in [6, 6.07) is 11.7. The van der Waals surface area contributed by atoms with Crippen LogP contribution in [0.25, 0.3) is 16.7 Å². The molecule has 156 valence electrons. The lowest BCUT2D eigenvalue weighted by Gasteiger charge is -2.32. The molecular formula is C23H22N6O2. The van der Waals surface area contributed by atoms with Gasteiger partial charge < -0.3 is 10.2 Å². The van der Waals surface area contributed by atoms with Crippen molar-refractivity contribution >= 4 is 34.2 Å². The van der Waals surface area contributed by atoms with E-state index in [0.29, 0.717) is 24.6 Å². The summed E-state index contributed by atoms with van der Waals surface area (Å²) in [7, 11) is 0. The second-order valence-electron chi connectivity index (χ2n) is 7.81. The number of nitrogens with zero attached hydrogens (tertiary/aromatic N) is 5. The predicted molar refractivity (Wildman–Crippen MR) is 117 cm³/mol. The molecule has 0 radical (unpaired) electrons. The molecule has 2 amide bonds. The molecule has 1 saturated heterocycles. The molecule has 4 heterocycles. The van der Waals surface area contributed by atoms with Crippen LogP contribution < -0.4 is 5.32 Å². The number of para-hydroxylation sites is 1. The number of fused-ring (bicyclic) bond motifs is 2. The lowest BCUT2D eigenvalue weighted by Crippen LogP contribution is -2.38. The van der Waals surface area contributed by atoms with Crippen LogP contribution in [0.1, 0.15) is 41.9 Å². The number of carbonyl (C=O) groups excluding carboxylic acids is 2. The smallest absolute Gasteiger partial charge is 0.274 e. The zero-order valence-electron chi connectivity index (χ0n) is 17.2. The molecule has 0 saturated carbocycles. The molecule has 0 bridgehead atoms. The number of hydrogen-bond acceptors (Lipinski definition) is 5. The van der Waals surface area contributed by atoms with Gasteiger partial charge in [0.1, 0.15) is 5.69 Å². The molecule has 0 unspecified atom stereocenters. The van der Waals surface area contributed by atoms with Crippen LogP contribution in [0.15, 0.2) is 55.0 Å². The molecular weight excluding hydrogens is 392 g/mol. The standard InChI is InChI=1S/C23H22N6O2/c1-15(30)25-19-13-17-5-2-3-6-18(17)26-21(19)16-7-11-28(12-8-16)22(31)20-14-29-10-4-9-24-23(29)27-20/h2-6,9-10,13-14,16H,7-8,11-12H2,1H3,(H,25,30). The lowest BCUT2D eigenvalue weighted by molar-refractivity contribution is -0.114. The van der Waals surface area contributed by atoms with Gasteiger partial charge in [-0.05, 0) is 31.0 Å². The highest BCUT2D eigenvalue weighted by Gasteiger charge is 2.28. The van der Waals surface area contributed by atoms with Crippen molar-refractivity contribution in [1.82, 2.24) is 24.3 Å². The molecule has 1 N–H and O–H groups in total. The molecule has 5 rings (SSSR count). The number of pyridine rings is 1. The quantitative estimate of drug-likeness (QED) is 0.556. The van der Waals surface area contributed by atoms with Crippen molar-refractivity contribution in [3.8, 4) is 0 Å². The van der Waals surface area contributed by atoms with E-state index >= 15 is 0 Å². The number of nitrogens with one attached hydrogen (secondary N) is 1. The molecule has 0 spiro atoms. The van der Waals surface area contributed by atoms with Crippen LogP contribution >= 0.6 is 0 Å². The highest BCUT2D eigenvalue weighted by atomic mass is 16.2. The van der Waals surface area contributed by atoms with E-state index in [1.165, 1.54) is 6.92 Å². The van der Waals surface area contributed by atoms with Crippen LogP contribution in [0.5, 0.6) is 0 Å². The molecule has 0 atom stereocenters. The van der Waals surface area contributed by atoms with Gasteiger partial charge in [0.2, 0.25) is 11.7 Å². The van der Waals surface area contributed by atoms with E-state index in [0.717, 1.165) is 35.1 Å². The number of carbonyl (C=O) groups is 2. The van der Waals surface area contributed by atoms with Crippen LogP contribution in [-0.2, 0) is 4.79 Å². The summed E-state index contributed by atoms with van der Waals surface area (Å²) < 4.78 is 1.75. The summed E-state index contributed by atoms with van der Waals surface area (Å²) in [4.78, 5) is 39.9. The molecule has 1 aliphatic rings. The Morgan fingerprint density at radius 1 is 1.10 bits per heavy atom. The van der Waals surface area contributed by atoms with Crippen LogP contribution in [0.2, 0.25) is 0 Å². The second-order valence-corrected chi connectivity index (χ2v) is 7.81. The fourth-order valence-electron chi connectivity index (χ4n) is 4.18. The first-order valence-electron chi connectivity index (χ1n) is 10.3. The Bertz CT molecular complexity index is 1260. The zero-order valence-corrected chi connectivity index (χ0v) is 17.2. The minimum Gasteiger partial charge on any atom is -0.337 e. The average molecular weight is 414 g/mol. The Kier molecular flexibility index (Phi) is 4.82.